The van der Waals surface area contributed by atoms with E-state index < -0.39 is 0 Å². The van der Waals surface area contributed by atoms with Crippen LogP contribution in [0, 0.1) is 19.8 Å². The van der Waals surface area contributed by atoms with Crippen molar-refractivity contribution < 1.29 is 0 Å². The topological polar surface area (TPSA) is 57.5 Å². The lowest BCUT2D eigenvalue weighted by Gasteiger charge is -2.32. The minimum absolute atomic E-state index is 0.517. The maximum atomic E-state index is 4.50. The maximum absolute atomic E-state index is 4.50. The monoisotopic (exact) mass is 350 g/mol. The molecule has 6 nitrogen and oxygen atoms in total. The summed E-state index contributed by atoms with van der Waals surface area (Å²) in [4.78, 5) is 6.67. The Labute approximate surface area is 154 Å². The van der Waals surface area contributed by atoms with E-state index in [1.807, 2.05) is 14.0 Å². The van der Waals surface area contributed by atoms with E-state index in [4.69, 9.17) is 0 Å². The van der Waals surface area contributed by atoms with Gasteiger partial charge in [-0.3, -0.25) is 9.67 Å². The van der Waals surface area contributed by atoms with Gasteiger partial charge >= 0.3 is 0 Å². The molecule has 0 spiro atoms. The molecule has 0 saturated carbocycles. The third-order valence-corrected chi connectivity index (χ3v) is 4.90. The molecule has 6 heteroatoms. The van der Waals surface area contributed by atoms with Gasteiger partial charge in [-0.25, -0.2) is 0 Å². The number of nitrogens with zero attached hydrogens (tertiary/aromatic N) is 4. The second-order valence-corrected chi connectivity index (χ2v) is 6.99. The van der Waals surface area contributed by atoms with E-state index in [9.17, 15) is 0 Å². The molecule has 0 aliphatic rings. The van der Waals surface area contributed by atoms with Crippen molar-refractivity contribution >= 4 is 5.96 Å². The SMILES string of the molecule is CCC(CC)C(CNC(=NC)NCCCn1nc(C)cc1C)N(C)C. The molecule has 0 radical (unpaired) electrons. The molecule has 1 rings (SSSR count). The first-order valence-electron chi connectivity index (χ1n) is 9.54. The van der Waals surface area contributed by atoms with Crippen molar-refractivity contribution in [2.45, 2.75) is 59.5 Å². The molecule has 1 aromatic heterocycles. The van der Waals surface area contributed by atoms with Crippen LogP contribution in [-0.4, -0.2) is 60.9 Å². The van der Waals surface area contributed by atoms with Crippen molar-refractivity contribution in [1.82, 2.24) is 25.3 Å². The largest absolute Gasteiger partial charge is 0.356 e. The molecule has 0 bridgehead atoms. The number of nitrogens with one attached hydrogen (secondary N) is 2. The van der Waals surface area contributed by atoms with Crippen LogP contribution in [0.3, 0.4) is 0 Å². The predicted molar refractivity (Wildman–Crippen MR) is 107 cm³/mol. The number of aliphatic imine (C=N–C) groups is 1. The van der Waals surface area contributed by atoms with Crippen molar-refractivity contribution in [3.05, 3.63) is 17.5 Å². The fourth-order valence-electron chi connectivity index (χ4n) is 3.36. The van der Waals surface area contributed by atoms with Gasteiger partial charge in [0.1, 0.15) is 0 Å². The number of hydrogen-bond donors (Lipinski definition) is 2. The van der Waals surface area contributed by atoms with Crippen LogP contribution in [0.4, 0.5) is 0 Å². The van der Waals surface area contributed by atoms with Gasteiger partial charge in [0.2, 0.25) is 0 Å². The van der Waals surface area contributed by atoms with Gasteiger partial charge in [0.05, 0.1) is 5.69 Å². The van der Waals surface area contributed by atoms with Crippen molar-refractivity contribution in [3.63, 3.8) is 0 Å². The number of hydrogen-bond acceptors (Lipinski definition) is 3. The van der Waals surface area contributed by atoms with E-state index in [0.29, 0.717) is 12.0 Å². The van der Waals surface area contributed by atoms with E-state index in [0.717, 1.165) is 37.7 Å². The lowest BCUT2D eigenvalue weighted by atomic mass is 9.93. The lowest BCUT2D eigenvalue weighted by molar-refractivity contribution is 0.200. The Morgan fingerprint density at radius 3 is 2.40 bits per heavy atom. The second-order valence-electron chi connectivity index (χ2n) is 6.99. The molecule has 25 heavy (non-hydrogen) atoms. The normalized spacial score (nSPS) is 13.6. The van der Waals surface area contributed by atoms with E-state index in [1.165, 1.54) is 18.5 Å². The summed E-state index contributed by atoms with van der Waals surface area (Å²) in [5, 5.41) is 11.4. The molecule has 1 heterocycles. The van der Waals surface area contributed by atoms with Gasteiger partial charge in [0, 0.05) is 38.4 Å². The summed E-state index contributed by atoms with van der Waals surface area (Å²) in [6.07, 6.45) is 3.43. The zero-order valence-electron chi connectivity index (χ0n) is 17.3. The molecule has 0 aliphatic carbocycles. The quantitative estimate of drug-likeness (QED) is 0.386. The van der Waals surface area contributed by atoms with E-state index in [2.05, 4.69) is 71.2 Å². The molecule has 2 N–H and O–H groups in total. The Balaban J connectivity index is 2.39. The summed E-state index contributed by atoms with van der Waals surface area (Å²) < 4.78 is 2.07. The first-order valence-corrected chi connectivity index (χ1v) is 9.54. The molecule has 0 saturated heterocycles. The van der Waals surface area contributed by atoms with Crippen LogP contribution in [0.15, 0.2) is 11.1 Å². The Hall–Kier alpha value is -1.56. The molecule has 0 amide bonds. The highest BCUT2D eigenvalue weighted by molar-refractivity contribution is 5.79. The Kier molecular flexibility index (Phi) is 9.57. The first-order chi connectivity index (χ1) is 11.9. The highest BCUT2D eigenvalue weighted by Gasteiger charge is 2.20. The molecule has 1 unspecified atom stereocenters. The minimum Gasteiger partial charge on any atom is -0.356 e. The third-order valence-electron chi connectivity index (χ3n) is 4.90. The average molecular weight is 351 g/mol. The molecule has 0 aliphatic heterocycles. The molecule has 1 atom stereocenters. The van der Waals surface area contributed by atoms with Gasteiger partial charge in [-0.2, -0.15) is 5.10 Å². The van der Waals surface area contributed by atoms with Crippen LogP contribution < -0.4 is 10.6 Å². The standard InChI is InChI=1S/C19H38N6/c1-8-17(9-2)18(24(6)7)14-22-19(20-5)21-11-10-12-25-16(4)13-15(3)23-25/h13,17-18H,8-12,14H2,1-7H3,(H2,20,21,22). The van der Waals surface area contributed by atoms with Crippen molar-refractivity contribution in [1.29, 1.82) is 0 Å². The number of likely N-dealkylation sites (N-methyl/N-ethyl adjacent to an activating group) is 1. The molecular formula is C19H38N6. The van der Waals surface area contributed by atoms with Gasteiger partial charge in [0.25, 0.3) is 0 Å². The van der Waals surface area contributed by atoms with Crippen LogP contribution in [-0.2, 0) is 6.54 Å². The fourth-order valence-corrected chi connectivity index (χ4v) is 3.36. The van der Waals surface area contributed by atoms with E-state index >= 15 is 0 Å². The maximum Gasteiger partial charge on any atom is 0.191 e. The zero-order chi connectivity index (χ0) is 18.8. The number of rotatable bonds is 10. The van der Waals surface area contributed by atoms with Gasteiger partial charge in [-0.05, 0) is 46.3 Å². The smallest absolute Gasteiger partial charge is 0.191 e. The Bertz CT molecular complexity index is 516. The highest BCUT2D eigenvalue weighted by Crippen LogP contribution is 2.16. The van der Waals surface area contributed by atoms with Crippen molar-refractivity contribution in [2.24, 2.45) is 10.9 Å². The van der Waals surface area contributed by atoms with Gasteiger partial charge in [-0.1, -0.05) is 26.7 Å². The van der Waals surface area contributed by atoms with E-state index in [1.54, 1.807) is 0 Å². The first kappa shape index (κ1) is 21.5. The van der Waals surface area contributed by atoms with Gasteiger partial charge in [-0.15, -0.1) is 0 Å². The molecule has 0 fully saturated rings. The summed E-state index contributed by atoms with van der Waals surface area (Å²) in [7, 11) is 6.16. The fraction of sp³-hybridized carbons (Fsp3) is 0.789. The zero-order valence-corrected chi connectivity index (χ0v) is 17.3. The molecule has 144 valence electrons. The molecular weight excluding hydrogens is 312 g/mol. The Morgan fingerprint density at radius 1 is 1.24 bits per heavy atom. The average Bonchev–Trinajstić information content (AvgIpc) is 2.90. The van der Waals surface area contributed by atoms with Crippen molar-refractivity contribution in [2.75, 3.05) is 34.2 Å². The minimum atomic E-state index is 0.517. The number of aromatic nitrogens is 2. The number of aryl methyl sites for hydroxylation is 3. The molecule has 1 aromatic rings. The second kappa shape index (κ2) is 11.1. The Morgan fingerprint density at radius 2 is 1.92 bits per heavy atom. The summed E-state index contributed by atoms with van der Waals surface area (Å²) in [5.41, 5.74) is 2.30. The summed E-state index contributed by atoms with van der Waals surface area (Å²) in [6, 6.07) is 2.64. The van der Waals surface area contributed by atoms with Gasteiger partial charge in [0.15, 0.2) is 5.96 Å². The van der Waals surface area contributed by atoms with Crippen LogP contribution >= 0.6 is 0 Å². The summed E-state index contributed by atoms with van der Waals surface area (Å²) >= 11 is 0. The number of guanidine groups is 1. The predicted octanol–water partition coefficient (Wildman–Crippen LogP) is 2.42. The summed E-state index contributed by atoms with van der Waals surface area (Å²) in [5.74, 6) is 1.58. The van der Waals surface area contributed by atoms with Crippen LogP contribution in [0.5, 0.6) is 0 Å². The van der Waals surface area contributed by atoms with Crippen LogP contribution in [0.1, 0.15) is 44.5 Å². The summed E-state index contributed by atoms with van der Waals surface area (Å²) in [6.45, 7) is 11.4. The molecule has 0 aromatic carbocycles. The van der Waals surface area contributed by atoms with Gasteiger partial charge < -0.3 is 15.5 Å². The third kappa shape index (κ3) is 7.06. The lowest BCUT2D eigenvalue weighted by Crippen LogP contribution is -2.48. The van der Waals surface area contributed by atoms with Crippen LogP contribution in [0.2, 0.25) is 0 Å². The van der Waals surface area contributed by atoms with Crippen LogP contribution in [0.25, 0.3) is 0 Å². The highest BCUT2D eigenvalue weighted by atomic mass is 15.3. The van der Waals surface area contributed by atoms with Crippen molar-refractivity contribution in [3.8, 4) is 0 Å². The van der Waals surface area contributed by atoms with E-state index in [-0.39, 0.29) is 0 Å².